The summed E-state index contributed by atoms with van der Waals surface area (Å²) in [5.41, 5.74) is 3.05. The van der Waals surface area contributed by atoms with Gasteiger partial charge in [-0.25, -0.2) is 9.67 Å². The average molecular weight is 393 g/mol. The van der Waals surface area contributed by atoms with Crippen molar-refractivity contribution in [2.75, 3.05) is 20.4 Å². The smallest absolute Gasteiger partial charge is 0.234 e. The van der Waals surface area contributed by atoms with Gasteiger partial charge in [-0.2, -0.15) is 5.10 Å². The number of aromatic nitrogens is 3. The predicted octanol–water partition coefficient (Wildman–Crippen LogP) is 2.31. The van der Waals surface area contributed by atoms with E-state index in [1.807, 2.05) is 54.4 Å². The van der Waals surface area contributed by atoms with E-state index in [9.17, 15) is 4.79 Å². The van der Waals surface area contributed by atoms with Gasteiger partial charge in [0, 0.05) is 12.6 Å². The lowest BCUT2D eigenvalue weighted by molar-refractivity contribution is -0.122. The summed E-state index contributed by atoms with van der Waals surface area (Å²) in [4.78, 5) is 18.4. The van der Waals surface area contributed by atoms with E-state index in [1.165, 1.54) is 6.33 Å². The molecule has 1 aliphatic heterocycles. The molecule has 1 unspecified atom stereocenters. The maximum Gasteiger partial charge on any atom is 0.234 e. The van der Waals surface area contributed by atoms with Crippen LogP contribution in [0, 0.1) is 0 Å². The van der Waals surface area contributed by atoms with E-state index in [-0.39, 0.29) is 18.7 Å². The Labute approximate surface area is 169 Å². The molecule has 1 N–H and O–H groups in total. The molecule has 1 aliphatic rings. The van der Waals surface area contributed by atoms with Crippen LogP contribution >= 0.6 is 0 Å². The molecular weight excluding hydrogens is 370 g/mol. The second kappa shape index (κ2) is 8.32. The third-order valence-corrected chi connectivity index (χ3v) is 5.04. The van der Waals surface area contributed by atoms with Crippen LogP contribution in [-0.4, -0.2) is 46.0 Å². The molecule has 3 aromatic rings. The highest BCUT2D eigenvalue weighted by Gasteiger charge is 2.16. The maximum absolute atomic E-state index is 12.4. The summed E-state index contributed by atoms with van der Waals surface area (Å²) >= 11 is 0. The molecule has 0 radical (unpaired) electrons. The van der Waals surface area contributed by atoms with Gasteiger partial charge < -0.3 is 14.8 Å². The van der Waals surface area contributed by atoms with Crippen LogP contribution in [0.25, 0.3) is 5.69 Å². The highest BCUT2D eigenvalue weighted by Crippen LogP contribution is 2.32. The number of carbonyl (C=O) groups excluding carboxylic acids is 1. The molecule has 8 heteroatoms. The zero-order chi connectivity index (χ0) is 20.2. The largest absolute Gasteiger partial charge is 0.454 e. The zero-order valence-corrected chi connectivity index (χ0v) is 16.4. The second-order valence-corrected chi connectivity index (χ2v) is 6.99. The summed E-state index contributed by atoms with van der Waals surface area (Å²) in [5, 5.41) is 7.09. The fourth-order valence-corrected chi connectivity index (χ4v) is 3.17. The number of amides is 1. The number of benzene rings is 2. The Morgan fingerprint density at radius 2 is 2.00 bits per heavy atom. The van der Waals surface area contributed by atoms with Crippen molar-refractivity contribution in [3.8, 4) is 17.2 Å². The number of hydrogen-bond acceptors (Lipinski definition) is 6. The fraction of sp³-hybridized carbons (Fsp3) is 0.286. The number of fused-ring (bicyclic) bond motifs is 1. The highest BCUT2D eigenvalue weighted by molar-refractivity contribution is 5.78. The molecule has 0 saturated carbocycles. The van der Waals surface area contributed by atoms with E-state index < -0.39 is 0 Å². The van der Waals surface area contributed by atoms with Gasteiger partial charge in [-0.1, -0.05) is 18.2 Å². The highest BCUT2D eigenvalue weighted by atomic mass is 16.7. The van der Waals surface area contributed by atoms with Crippen molar-refractivity contribution in [3.05, 3.63) is 66.2 Å². The van der Waals surface area contributed by atoms with Crippen LogP contribution in [0.4, 0.5) is 0 Å². The van der Waals surface area contributed by atoms with E-state index in [4.69, 9.17) is 9.47 Å². The molecule has 0 fully saturated rings. The number of hydrogen-bond donors (Lipinski definition) is 1. The minimum absolute atomic E-state index is 0.0312. The fourth-order valence-electron chi connectivity index (χ4n) is 3.17. The molecule has 0 spiro atoms. The van der Waals surface area contributed by atoms with Crippen molar-refractivity contribution in [1.29, 1.82) is 0 Å². The summed E-state index contributed by atoms with van der Waals surface area (Å²) in [6.07, 6.45) is 3.17. The van der Waals surface area contributed by atoms with Gasteiger partial charge in [-0.15, -0.1) is 0 Å². The maximum atomic E-state index is 12.4. The lowest BCUT2D eigenvalue weighted by Crippen LogP contribution is -2.36. The molecule has 0 saturated heterocycles. The summed E-state index contributed by atoms with van der Waals surface area (Å²) < 4.78 is 12.4. The first-order chi connectivity index (χ1) is 14.1. The quantitative estimate of drug-likeness (QED) is 0.663. The monoisotopic (exact) mass is 393 g/mol. The first-order valence-electron chi connectivity index (χ1n) is 9.40. The van der Waals surface area contributed by atoms with Gasteiger partial charge in [0.15, 0.2) is 11.5 Å². The van der Waals surface area contributed by atoms with E-state index in [0.717, 1.165) is 28.3 Å². The van der Waals surface area contributed by atoms with E-state index in [1.54, 1.807) is 11.0 Å². The molecule has 1 aromatic heterocycles. The molecule has 0 bridgehead atoms. The Balaban J connectivity index is 1.30. The summed E-state index contributed by atoms with van der Waals surface area (Å²) in [6.45, 7) is 3.07. The molecule has 1 atom stereocenters. The third kappa shape index (κ3) is 4.38. The predicted molar refractivity (Wildman–Crippen MR) is 107 cm³/mol. The van der Waals surface area contributed by atoms with E-state index in [2.05, 4.69) is 22.3 Å². The van der Waals surface area contributed by atoms with Crippen LogP contribution in [0.1, 0.15) is 24.1 Å². The standard InChI is InChI=1S/C21H23N5O3/c1-15(17-4-6-18(7-5-17)26-13-22-12-24-26)25(2)11-21(27)23-10-16-3-8-19-20(9-16)29-14-28-19/h3-9,12-13,15H,10-11,14H2,1-2H3,(H,23,27). The number of carbonyl (C=O) groups is 1. The van der Waals surface area contributed by atoms with Gasteiger partial charge in [-0.3, -0.25) is 9.69 Å². The van der Waals surface area contributed by atoms with Crippen LogP contribution in [0.2, 0.25) is 0 Å². The van der Waals surface area contributed by atoms with Crippen molar-refractivity contribution < 1.29 is 14.3 Å². The Bertz CT molecular complexity index is 972. The van der Waals surface area contributed by atoms with Crippen molar-refractivity contribution in [2.45, 2.75) is 19.5 Å². The molecule has 4 rings (SSSR count). The number of rotatable bonds is 7. The zero-order valence-electron chi connectivity index (χ0n) is 16.4. The normalized spacial score (nSPS) is 13.5. The summed E-state index contributed by atoms with van der Waals surface area (Å²) in [6, 6.07) is 13.9. The molecule has 8 nitrogen and oxygen atoms in total. The van der Waals surface area contributed by atoms with Crippen LogP contribution < -0.4 is 14.8 Å². The van der Waals surface area contributed by atoms with Gasteiger partial charge in [0.05, 0.1) is 12.2 Å². The van der Waals surface area contributed by atoms with Gasteiger partial charge >= 0.3 is 0 Å². The third-order valence-electron chi connectivity index (χ3n) is 5.04. The average Bonchev–Trinajstić information content (AvgIpc) is 3.43. The lowest BCUT2D eigenvalue weighted by Gasteiger charge is -2.24. The summed E-state index contributed by atoms with van der Waals surface area (Å²) in [5.74, 6) is 1.43. The van der Waals surface area contributed by atoms with Gasteiger partial charge in [0.2, 0.25) is 12.7 Å². The van der Waals surface area contributed by atoms with Crippen LogP contribution in [0.3, 0.4) is 0 Å². The van der Waals surface area contributed by atoms with Crippen molar-refractivity contribution >= 4 is 5.91 Å². The van der Waals surface area contributed by atoms with Gasteiger partial charge in [-0.05, 0) is 49.4 Å². The number of nitrogens with one attached hydrogen (secondary N) is 1. The molecule has 0 aliphatic carbocycles. The molecule has 150 valence electrons. The topological polar surface area (TPSA) is 81.5 Å². The number of ether oxygens (including phenoxy) is 2. The Hall–Kier alpha value is -3.39. The van der Waals surface area contributed by atoms with Crippen LogP contribution in [0.5, 0.6) is 11.5 Å². The molecule has 1 amide bonds. The Kier molecular flexibility index (Phi) is 5.44. The Morgan fingerprint density at radius 1 is 1.21 bits per heavy atom. The van der Waals surface area contributed by atoms with Crippen LogP contribution in [0.15, 0.2) is 55.1 Å². The molecular formula is C21H23N5O3. The number of nitrogens with zero attached hydrogens (tertiary/aromatic N) is 4. The van der Waals surface area contributed by atoms with Gasteiger partial charge in [0.1, 0.15) is 12.7 Å². The molecule has 2 aromatic carbocycles. The van der Waals surface area contributed by atoms with Gasteiger partial charge in [0.25, 0.3) is 0 Å². The molecule has 29 heavy (non-hydrogen) atoms. The summed E-state index contributed by atoms with van der Waals surface area (Å²) in [7, 11) is 1.94. The van der Waals surface area contributed by atoms with Crippen molar-refractivity contribution in [2.24, 2.45) is 0 Å². The van der Waals surface area contributed by atoms with E-state index in [0.29, 0.717) is 13.1 Å². The first-order valence-corrected chi connectivity index (χ1v) is 9.40. The van der Waals surface area contributed by atoms with Crippen LogP contribution in [-0.2, 0) is 11.3 Å². The van der Waals surface area contributed by atoms with E-state index >= 15 is 0 Å². The molecule has 2 heterocycles. The number of likely N-dealkylation sites (N-methyl/N-ethyl adjacent to an activating group) is 1. The first kappa shape index (κ1) is 18.9. The van der Waals surface area contributed by atoms with Crippen molar-refractivity contribution in [1.82, 2.24) is 25.0 Å². The minimum atomic E-state index is -0.0312. The lowest BCUT2D eigenvalue weighted by atomic mass is 10.1. The Morgan fingerprint density at radius 3 is 2.76 bits per heavy atom. The van der Waals surface area contributed by atoms with Crippen molar-refractivity contribution in [3.63, 3.8) is 0 Å². The second-order valence-electron chi connectivity index (χ2n) is 6.99. The minimum Gasteiger partial charge on any atom is -0.454 e. The SMILES string of the molecule is CC(c1ccc(-n2cncn2)cc1)N(C)CC(=O)NCc1ccc2c(c1)OCO2.